The molecule has 1 aromatic heterocycles. The number of carbonyl (C=O) groups excluding carboxylic acids is 2. The van der Waals surface area contributed by atoms with Gasteiger partial charge in [0.1, 0.15) is 195 Å². The smallest absolute Gasteiger partial charge is 0.217 e. The lowest BCUT2D eigenvalue weighted by Gasteiger charge is -2.51. The van der Waals surface area contributed by atoms with Crippen LogP contribution in [0.4, 0.5) is 0 Å². The lowest BCUT2D eigenvalue weighted by Crippen LogP contribution is -2.70. The Balaban J connectivity index is 0.882. The summed E-state index contributed by atoms with van der Waals surface area (Å²) >= 11 is 0. The fraction of sp³-hybridized carbons (Fsp3) is 0.934. The fourth-order valence-corrected chi connectivity index (χ4v) is 13.9. The van der Waals surface area contributed by atoms with Crippen LogP contribution in [-0.2, 0) is 103 Å². The van der Waals surface area contributed by atoms with E-state index < -0.39 is 329 Å². The first-order valence-corrected chi connectivity index (χ1v) is 35.0. The Labute approximate surface area is 618 Å². The number of rotatable bonds is 33. The lowest BCUT2D eigenvalue weighted by molar-refractivity contribution is -0.393. The highest BCUT2D eigenvalue weighted by atomic mass is 16.8. The Bertz CT molecular complexity index is 2910. The normalized spacial score (nSPS) is 45.7. The molecule has 0 aliphatic carbocycles. The molecule has 17 unspecified atom stereocenters. The van der Waals surface area contributed by atoms with Crippen LogP contribution in [0, 0.1) is 0 Å². The van der Waals surface area contributed by atoms with E-state index in [0.29, 0.717) is 0 Å². The van der Waals surface area contributed by atoms with E-state index in [2.05, 4.69) is 20.9 Å². The first-order valence-electron chi connectivity index (χ1n) is 35.0. The second-order valence-corrected chi connectivity index (χ2v) is 27.3. The van der Waals surface area contributed by atoms with Gasteiger partial charge in [0.15, 0.2) is 50.3 Å². The highest BCUT2D eigenvalue weighted by molar-refractivity contribution is 5.73. The summed E-state index contributed by atoms with van der Waals surface area (Å²) in [5, 5.41) is 273. The summed E-state index contributed by atoms with van der Waals surface area (Å²) in [5.74, 6) is -1.63. The van der Waals surface area contributed by atoms with Gasteiger partial charge in [0.2, 0.25) is 11.8 Å². The number of nitrogens with zero attached hydrogens (tertiary/aromatic N) is 3. The number of methoxy groups -OCH3 is 1. The van der Waals surface area contributed by atoms with Gasteiger partial charge in [-0.3, -0.25) is 14.3 Å². The molecule has 8 saturated heterocycles. The molecular weight excluding hydrogens is 1490 g/mol. The third kappa shape index (κ3) is 20.5. The van der Waals surface area contributed by atoms with E-state index in [1.54, 1.807) is 0 Å². The molecule has 48 nitrogen and oxygen atoms in total. The van der Waals surface area contributed by atoms with Crippen molar-refractivity contribution >= 4 is 11.8 Å². The predicted octanol–water partition coefficient (Wildman–Crippen LogP) is -17.6. The van der Waals surface area contributed by atoms with Gasteiger partial charge in [0.25, 0.3) is 0 Å². The minimum Gasteiger partial charge on any atom is -0.394 e. The molecule has 8 fully saturated rings. The van der Waals surface area contributed by atoms with Gasteiger partial charge in [-0.1, -0.05) is 5.21 Å². The van der Waals surface area contributed by atoms with Crippen molar-refractivity contribution in [1.82, 2.24) is 25.6 Å². The number of carbonyl (C=O) groups is 2. The maximum Gasteiger partial charge on any atom is 0.217 e. The molecule has 109 heavy (non-hydrogen) atoms. The average Bonchev–Trinajstić information content (AvgIpc) is 0.849. The van der Waals surface area contributed by atoms with Crippen molar-refractivity contribution in [3.63, 3.8) is 0 Å². The first kappa shape index (κ1) is 89.4. The summed E-state index contributed by atoms with van der Waals surface area (Å²) in [7, 11) is 1.14. The number of aryl methyl sites for hydroxylation is 1. The van der Waals surface area contributed by atoms with Gasteiger partial charge in [-0.05, 0) is 6.42 Å². The predicted molar refractivity (Wildman–Crippen MR) is 337 cm³/mol. The van der Waals surface area contributed by atoms with Gasteiger partial charge in [0.05, 0.1) is 84.4 Å². The molecule has 1 aromatic rings. The summed E-state index contributed by atoms with van der Waals surface area (Å²) in [5.41, 5.74) is 0.0768. The van der Waals surface area contributed by atoms with E-state index in [1.165, 1.54) is 10.9 Å². The van der Waals surface area contributed by atoms with Gasteiger partial charge in [0, 0.05) is 33.9 Å². The van der Waals surface area contributed by atoms with E-state index in [9.17, 15) is 132 Å². The molecule has 8 aliphatic rings. The van der Waals surface area contributed by atoms with Crippen LogP contribution < -0.4 is 10.6 Å². The molecule has 9 rings (SSSR count). The summed E-state index contributed by atoms with van der Waals surface area (Å²) in [6.45, 7) is -6.44. The average molecular weight is 1590 g/mol. The number of aliphatic hydroxyl groups is 24. The SMILES string of the molecule is CO[C@@H]1OC(CO)[C@@H](O[C@@H]2OC(CO)[C@H](O[C@@H]3OC(CO)[C@H](O)[C@H](O[C@@H]4OC(CO)[C@H](O)[C@H](O)C4O)C3NC(C)=O)[C@H](O[C@@H]3C[C@@H](O)[C@@H](NC(C)=O)C(C(O)C(O)CO)O3)C2O)[C@H](OCc2cn(CCCO[C@@H]3OC(CO)[C@@H](O[C@@H]4OC(CO)[C@H](O[C@H]5OC(CO)[C@H](O)[C@H](O)C5O)[C@H](O)C4O)[C@H](O)C3O)nn2)C1O. The van der Waals surface area contributed by atoms with Crippen molar-refractivity contribution in [3.8, 4) is 0 Å². The van der Waals surface area contributed by atoms with Gasteiger partial charge < -0.3 is 214 Å². The maximum absolute atomic E-state index is 13.0. The highest BCUT2D eigenvalue weighted by Gasteiger charge is 2.60. The van der Waals surface area contributed by atoms with E-state index in [-0.39, 0.29) is 25.3 Å². The second kappa shape index (κ2) is 40.3. The molecule has 0 spiro atoms. The van der Waals surface area contributed by atoms with Crippen LogP contribution in [0.1, 0.15) is 32.4 Å². The first-order chi connectivity index (χ1) is 51.9. The van der Waals surface area contributed by atoms with Crippen LogP contribution in [-0.4, -0.2) is 468 Å². The van der Waals surface area contributed by atoms with Crippen molar-refractivity contribution < 1.29 is 213 Å². The molecular formula is C61H103N5O43. The van der Waals surface area contributed by atoms with Crippen molar-refractivity contribution in [1.29, 1.82) is 0 Å². The standard InChI is InChI=1S/C61H103N5O43/c1-18(75)62-31-21(77)7-30(103-51(31)33(79)22(78)9-67)104-54-46(92)61(102-29(16-74)50(54)107-55-32(63-19(2)76)52(36(82)25(12-70)96-55)109-59-42(88)38(84)35(81)24(11-69)98-59)108-49-28(15-73)99-56(93-3)45(91)53(49)95-17-20-8-66(65-64-20)5-4-6-94-57-43(89)39(85)47(26(13-71)100-57)106-60-44(90)40(86)48(27(14-72)101-60)105-58-41(87)37(83)34(80)23(10-68)97-58/h8,21-61,67-74,77-92H,4-7,9-17H2,1-3H3,(H,62,75)(H,63,76)/t21-,22?,23?,24?,25?,26?,27?,28?,29?,30-,31-,32?,33?,34+,35+,36+,37+,38+,39-,40-,41?,42?,43?,44?,45?,46?,47-,48+,49-,50+,51?,52-,53-,54-,55+,56-,57-,58-,59+,60+,61+/m1/s1. The van der Waals surface area contributed by atoms with Crippen molar-refractivity contribution in [2.75, 3.05) is 66.6 Å². The van der Waals surface area contributed by atoms with Crippen molar-refractivity contribution in [2.45, 2.75) is 291 Å². The quantitative estimate of drug-likeness (QED) is 0.0291. The van der Waals surface area contributed by atoms with Crippen LogP contribution in [0.2, 0.25) is 0 Å². The van der Waals surface area contributed by atoms with Crippen LogP contribution in [0.3, 0.4) is 0 Å². The van der Waals surface area contributed by atoms with E-state index >= 15 is 0 Å². The minimum absolute atomic E-state index is 0.0224. The van der Waals surface area contributed by atoms with Crippen LogP contribution >= 0.6 is 0 Å². The second-order valence-electron chi connectivity index (χ2n) is 27.3. The zero-order valence-electron chi connectivity index (χ0n) is 58.8. The largest absolute Gasteiger partial charge is 0.394 e. The zero-order chi connectivity index (χ0) is 79.7. The summed E-state index contributed by atoms with van der Waals surface area (Å²) < 4.78 is 101. The highest BCUT2D eigenvalue weighted by Crippen LogP contribution is 2.40. The number of aromatic nitrogens is 3. The Morgan fingerprint density at radius 2 is 0.862 bits per heavy atom. The van der Waals surface area contributed by atoms with Crippen LogP contribution in [0.5, 0.6) is 0 Å². The lowest BCUT2D eigenvalue weighted by atomic mass is 9.91. The molecule has 0 radical (unpaired) electrons. The Kier molecular flexibility index (Phi) is 33.1. The number of nitrogens with one attached hydrogen (secondary N) is 2. The number of hydrogen-bond acceptors (Lipinski definition) is 45. The number of amides is 2. The molecule has 0 aromatic carbocycles. The number of hydrogen-bond donors (Lipinski definition) is 26. The molecule has 48 heteroatoms. The van der Waals surface area contributed by atoms with Crippen LogP contribution in [0.25, 0.3) is 0 Å². The summed E-state index contributed by atoms with van der Waals surface area (Å²) in [4.78, 5) is 25.4. The third-order valence-electron chi connectivity index (χ3n) is 19.8. The fourth-order valence-electron chi connectivity index (χ4n) is 13.9. The Morgan fingerprint density at radius 3 is 1.38 bits per heavy atom. The Hall–Kier alpha value is -3.56. The topological polar surface area (TPSA) is 731 Å². The van der Waals surface area contributed by atoms with Gasteiger partial charge in [-0.25, -0.2) is 0 Å². The molecule has 8 aliphatic heterocycles. The van der Waals surface area contributed by atoms with Crippen LogP contribution in [0.15, 0.2) is 6.20 Å². The molecule has 26 N–H and O–H groups in total. The molecule has 0 saturated carbocycles. The monoisotopic (exact) mass is 1590 g/mol. The molecule has 0 bridgehead atoms. The van der Waals surface area contributed by atoms with Crippen molar-refractivity contribution in [2.24, 2.45) is 0 Å². The van der Waals surface area contributed by atoms with Gasteiger partial charge >= 0.3 is 0 Å². The summed E-state index contributed by atoms with van der Waals surface area (Å²) in [6.07, 6.45) is -71.5. The third-order valence-corrected chi connectivity index (χ3v) is 19.8. The van der Waals surface area contributed by atoms with Gasteiger partial charge in [-0.15, -0.1) is 5.10 Å². The zero-order valence-corrected chi connectivity index (χ0v) is 58.8. The summed E-state index contributed by atoms with van der Waals surface area (Å²) in [6, 6.07) is -3.32. The van der Waals surface area contributed by atoms with E-state index in [0.717, 1.165) is 21.0 Å². The van der Waals surface area contributed by atoms with Gasteiger partial charge in [-0.2, -0.15) is 0 Å². The Morgan fingerprint density at radius 1 is 0.450 bits per heavy atom. The van der Waals surface area contributed by atoms with E-state index in [1.807, 2.05) is 0 Å². The number of aliphatic hydroxyl groups excluding tert-OH is 24. The van der Waals surface area contributed by atoms with Crippen molar-refractivity contribution in [3.05, 3.63) is 11.9 Å². The molecule has 2 amide bonds. The molecule has 41 atom stereocenters. The number of ether oxygens (including phenoxy) is 17. The molecule has 9 heterocycles. The maximum atomic E-state index is 13.0. The molecule has 630 valence electrons. The minimum atomic E-state index is -2.30. The van der Waals surface area contributed by atoms with E-state index in [4.69, 9.17) is 80.5 Å².